The normalized spacial score (nSPS) is 14.9. The van der Waals surface area contributed by atoms with Crippen molar-refractivity contribution in [2.75, 3.05) is 6.61 Å². The van der Waals surface area contributed by atoms with Crippen LogP contribution in [0.5, 0.6) is 0 Å². The number of carbonyl (C=O) groups excluding carboxylic acids is 1. The van der Waals surface area contributed by atoms with Crippen LogP contribution in [0.3, 0.4) is 0 Å². The molecule has 0 aliphatic heterocycles. The van der Waals surface area contributed by atoms with Crippen LogP contribution in [0.1, 0.15) is 130 Å². The molecule has 1 rings (SSSR count). The predicted octanol–water partition coefficient (Wildman–Crippen LogP) is 9.92. The predicted molar refractivity (Wildman–Crippen MR) is 153 cm³/mol. The minimum absolute atomic E-state index is 0.141. The Morgan fingerprint density at radius 3 is 1.86 bits per heavy atom. The summed E-state index contributed by atoms with van der Waals surface area (Å²) in [5, 5.41) is 0. The molecule has 0 aromatic heterocycles. The number of rotatable bonds is 18. The summed E-state index contributed by atoms with van der Waals surface area (Å²) in [5.41, 5.74) is 3.68. The summed E-state index contributed by atoms with van der Waals surface area (Å²) in [6.45, 7) is 18.4. The summed E-state index contributed by atoms with van der Waals surface area (Å²) in [4.78, 5) is 12.5. The molecule has 1 aromatic carbocycles. The van der Waals surface area contributed by atoms with Gasteiger partial charge in [-0.15, -0.1) is 0 Å². The monoisotopic (exact) mass is 484 g/mol. The van der Waals surface area contributed by atoms with Crippen molar-refractivity contribution in [3.8, 4) is 0 Å². The molecule has 0 heterocycles. The molecule has 0 N–H and O–H groups in total. The highest BCUT2D eigenvalue weighted by Gasteiger charge is 2.16. The number of hydrogen-bond acceptors (Lipinski definition) is 2. The Bertz CT molecular complexity index is 713. The van der Waals surface area contributed by atoms with Gasteiger partial charge in [-0.2, -0.15) is 0 Å². The van der Waals surface area contributed by atoms with Crippen molar-refractivity contribution in [2.45, 2.75) is 126 Å². The zero-order chi connectivity index (χ0) is 26.2. The minimum Gasteiger partial charge on any atom is -0.461 e. The van der Waals surface area contributed by atoms with Gasteiger partial charge >= 0.3 is 5.97 Å². The minimum atomic E-state index is -0.226. The Kier molecular flexibility index (Phi) is 16.0. The summed E-state index contributed by atoms with van der Waals surface area (Å²) in [7, 11) is 0. The average Bonchev–Trinajstić information content (AvgIpc) is 2.78. The summed E-state index contributed by atoms with van der Waals surface area (Å²) < 4.78 is 5.55. The molecule has 2 nitrogen and oxygen atoms in total. The molecule has 35 heavy (non-hydrogen) atoms. The van der Waals surface area contributed by atoms with Crippen molar-refractivity contribution in [1.29, 1.82) is 0 Å². The second kappa shape index (κ2) is 17.8. The molecule has 0 spiro atoms. The first-order chi connectivity index (χ1) is 16.6. The van der Waals surface area contributed by atoms with Crippen molar-refractivity contribution in [1.82, 2.24) is 0 Å². The van der Waals surface area contributed by atoms with E-state index in [0.29, 0.717) is 12.5 Å². The van der Waals surface area contributed by atoms with Crippen LogP contribution in [0.25, 0.3) is 0 Å². The molecule has 3 atom stereocenters. The van der Waals surface area contributed by atoms with Gasteiger partial charge in [0.05, 0.1) is 5.92 Å². The van der Waals surface area contributed by atoms with Crippen LogP contribution >= 0.6 is 0 Å². The Morgan fingerprint density at radius 2 is 1.31 bits per heavy atom. The molecule has 0 bridgehead atoms. The molecule has 1 unspecified atom stereocenters. The van der Waals surface area contributed by atoms with Gasteiger partial charge in [0.2, 0.25) is 0 Å². The van der Waals surface area contributed by atoms with Gasteiger partial charge in [0, 0.05) is 0 Å². The fourth-order valence-corrected chi connectivity index (χ4v) is 4.75. The second-order valence-electron chi connectivity index (χ2n) is 12.1. The van der Waals surface area contributed by atoms with Crippen molar-refractivity contribution >= 4 is 5.97 Å². The lowest BCUT2D eigenvalue weighted by atomic mass is 9.91. The van der Waals surface area contributed by atoms with Crippen LogP contribution in [-0.2, 0) is 16.0 Å². The van der Waals surface area contributed by atoms with Crippen molar-refractivity contribution in [3.63, 3.8) is 0 Å². The van der Waals surface area contributed by atoms with E-state index in [1.807, 2.05) is 6.92 Å². The van der Waals surface area contributed by atoms with E-state index in [0.717, 1.165) is 36.2 Å². The highest BCUT2D eigenvalue weighted by molar-refractivity contribution is 5.77. The van der Waals surface area contributed by atoms with E-state index >= 15 is 0 Å². The smallest absolute Gasteiger partial charge is 0.313 e. The van der Waals surface area contributed by atoms with Gasteiger partial charge in [0.1, 0.15) is 6.61 Å². The lowest BCUT2D eigenvalue weighted by Crippen LogP contribution is -2.13. The topological polar surface area (TPSA) is 26.3 Å². The maximum atomic E-state index is 12.5. The van der Waals surface area contributed by atoms with Gasteiger partial charge < -0.3 is 4.74 Å². The zero-order valence-corrected chi connectivity index (χ0v) is 24.4. The molecule has 0 aliphatic rings. The molecule has 0 amide bonds. The molecule has 0 saturated carbocycles. The Hall–Kier alpha value is -1.57. The van der Waals surface area contributed by atoms with E-state index in [2.05, 4.69) is 78.8 Å². The summed E-state index contributed by atoms with van der Waals surface area (Å²) in [6.07, 6.45) is 15.0. The largest absolute Gasteiger partial charge is 0.461 e. The number of benzene rings is 1. The van der Waals surface area contributed by atoms with Gasteiger partial charge in [0.25, 0.3) is 0 Å². The van der Waals surface area contributed by atoms with Crippen LogP contribution in [0.15, 0.2) is 35.9 Å². The SMILES string of the molecule is C/C(=C\COC(=O)C(C)c1ccc(CC(C)C)cc1)CCC[C@H](C)CCC[C@H](C)CCCC(C)C. The van der Waals surface area contributed by atoms with Gasteiger partial charge in [-0.05, 0) is 74.0 Å². The first-order valence-electron chi connectivity index (χ1n) is 14.5. The van der Waals surface area contributed by atoms with E-state index in [1.54, 1.807) is 0 Å². The molecule has 0 aliphatic carbocycles. The van der Waals surface area contributed by atoms with Crippen LogP contribution in [0.4, 0.5) is 0 Å². The van der Waals surface area contributed by atoms with Crippen LogP contribution in [0, 0.1) is 23.7 Å². The van der Waals surface area contributed by atoms with Crippen molar-refractivity contribution in [3.05, 3.63) is 47.0 Å². The van der Waals surface area contributed by atoms with E-state index in [4.69, 9.17) is 4.74 Å². The molecule has 2 heteroatoms. The maximum Gasteiger partial charge on any atom is 0.313 e. The van der Waals surface area contributed by atoms with Crippen molar-refractivity contribution in [2.24, 2.45) is 23.7 Å². The van der Waals surface area contributed by atoms with Crippen LogP contribution < -0.4 is 0 Å². The molecule has 0 fully saturated rings. The first kappa shape index (κ1) is 31.5. The van der Waals surface area contributed by atoms with Crippen LogP contribution in [0.2, 0.25) is 0 Å². The molecule has 200 valence electrons. The average molecular weight is 485 g/mol. The number of carbonyl (C=O) groups is 1. The first-order valence-corrected chi connectivity index (χ1v) is 14.5. The summed E-state index contributed by atoms with van der Waals surface area (Å²) in [5.74, 6) is 2.79. The number of allylic oxidation sites excluding steroid dienone is 1. The third-order valence-corrected chi connectivity index (χ3v) is 7.27. The summed E-state index contributed by atoms with van der Waals surface area (Å²) >= 11 is 0. The third-order valence-electron chi connectivity index (χ3n) is 7.27. The standard InChI is InChI=1S/C33H56O2/c1-25(2)12-9-13-27(5)14-10-15-28(6)16-11-17-29(7)22-23-35-33(34)30(8)32-20-18-31(19-21-32)24-26(3)4/h18-22,25-28,30H,9-17,23-24H2,1-8H3/b29-22+/t27-,28-,30?/m1/s1. The van der Waals surface area contributed by atoms with Gasteiger partial charge in [-0.25, -0.2) is 0 Å². The Balaban J connectivity index is 2.21. The second-order valence-corrected chi connectivity index (χ2v) is 12.1. The molecular weight excluding hydrogens is 428 g/mol. The highest BCUT2D eigenvalue weighted by atomic mass is 16.5. The van der Waals surface area contributed by atoms with E-state index < -0.39 is 0 Å². The Labute approximate surface area is 218 Å². The van der Waals surface area contributed by atoms with E-state index in [-0.39, 0.29) is 11.9 Å². The maximum absolute atomic E-state index is 12.5. The fourth-order valence-electron chi connectivity index (χ4n) is 4.75. The Morgan fingerprint density at radius 1 is 0.771 bits per heavy atom. The molecule has 1 aromatic rings. The van der Waals surface area contributed by atoms with Gasteiger partial charge in [-0.3, -0.25) is 4.79 Å². The van der Waals surface area contributed by atoms with Crippen molar-refractivity contribution < 1.29 is 9.53 Å². The van der Waals surface area contributed by atoms with Gasteiger partial charge in [0.15, 0.2) is 0 Å². The molecular formula is C33H56O2. The summed E-state index contributed by atoms with van der Waals surface area (Å²) in [6, 6.07) is 8.41. The third kappa shape index (κ3) is 15.2. The lowest BCUT2D eigenvalue weighted by molar-refractivity contribution is -0.143. The molecule has 0 saturated heterocycles. The number of ether oxygens (including phenoxy) is 1. The highest BCUT2D eigenvalue weighted by Crippen LogP contribution is 2.22. The van der Waals surface area contributed by atoms with E-state index in [9.17, 15) is 4.79 Å². The van der Waals surface area contributed by atoms with Gasteiger partial charge in [-0.1, -0.05) is 116 Å². The van der Waals surface area contributed by atoms with E-state index in [1.165, 1.54) is 62.5 Å². The van der Waals surface area contributed by atoms with Crippen LogP contribution in [-0.4, -0.2) is 12.6 Å². The molecule has 0 radical (unpaired) electrons. The number of hydrogen-bond donors (Lipinski definition) is 0. The fraction of sp³-hybridized carbons (Fsp3) is 0.727. The zero-order valence-electron chi connectivity index (χ0n) is 24.4. The quantitative estimate of drug-likeness (QED) is 0.153. The number of esters is 1. The lowest BCUT2D eigenvalue weighted by Gasteiger charge is -2.15.